The van der Waals surface area contributed by atoms with E-state index in [2.05, 4.69) is 17.4 Å². The van der Waals surface area contributed by atoms with Crippen molar-refractivity contribution in [1.29, 1.82) is 0 Å². The summed E-state index contributed by atoms with van der Waals surface area (Å²) in [6, 6.07) is 9.06. The van der Waals surface area contributed by atoms with Crippen LogP contribution in [-0.2, 0) is 45.6 Å². The Morgan fingerprint density at radius 2 is 1.86 bits per heavy atom. The van der Waals surface area contributed by atoms with E-state index >= 15 is 0 Å². The summed E-state index contributed by atoms with van der Waals surface area (Å²) in [4.78, 5) is 0. The van der Waals surface area contributed by atoms with Gasteiger partial charge in [-0.3, -0.25) is 0 Å². The molecule has 1 radical (unpaired) electrons. The number of rotatable bonds is 3. The molecule has 0 unspecified atom stereocenters. The Morgan fingerprint density at radius 3 is 2.50 bits per heavy atom. The zero-order chi connectivity index (χ0) is 15.1. The quantitative estimate of drug-likeness (QED) is 0.784. The monoisotopic (exact) mass is 386 g/mol. The van der Waals surface area contributed by atoms with Gasteiger partial charge in [0.2, 0.25) is 0 Å². The molecule has 1 fully saturated rings. The van der Waals surface area contributed by atoms with E-state index in [0.717, 1.165) is 25.7 Å². The van der Waals surface area contributed by atoms with E-state index in [1.807, 2.05) is 12.1 Å². The van der Waals surface area contributed by atoms with Gasteiger partial charge in [-0.15, -0.1) is 0 Å². The summed E-state index contributed by atoms with van der Waals surface area (Å²) in [6.07, 6.45) is -0.452. The minimum Gasteiger partial charge on any atom is -0.324 e. The van der Waals surface area contributed by atoms with Crippen LogP contribution in [0.2, 0.25) is 0 Å². The van der Waals surface area contributed by atoms with E-state index in [1.165, 1.54) is 11.1 Å². The van der Waals surface area contributed by atoms with Gasteiger partial charge >= 0.3 is 6.18 Å². The maximum atomic E-state index is 12.3. The number of nitrogens with two attached hydrogens (primary N) is 1. The summed E-state index contributed by atoms with van der Waals surface area (Å²) >= 11 is 0. The topological polar surface area (TPSA) is 38.0 Å². The van der Waals surface area contributed by atoms with Crippen LogP contribution >= 0.6 is 0 Å². The third-order valence-corrected chi connectivity index (χ3v) is 5.12. The molecule has 1 aromatic rings. The largest absolute Gasteiger partial charge is 0.401 e. The number of alkyl halides is 3. The average Bonchev–Trinajstić information content (AvgIpc) is 2.60. The van der Waals surface area contributed by atoms with Gasteiger partial charge in [0.25, 0.3) is 0 Å². The molecule has 2 nitrogen and oxygen atoms in total. The van der Waals surface area contributed by atoms with E-state index in [9.17, 15) is 13.2 Å². The molecule has 3 N–H and O–H groups in total. The summed E-state index contributed by atoms with van der Waals surface area (Å²) < 4.78 is 37.0. The normalized spacial score (nSPS) is 30.4. The summed E-state index contributed by atoms with van der Waals surface area (Å²) in [5.41, 5.74) is 8.58. The van der Waals surface area contributed by atoms with E-state index in [4.69, 9.17) is 5.73 Å². The van der Waals surface area contributed by atoms with Gasteiger partial charge in [-0.05, 0) is 31.1 Å². The molecule has 0 saturated heterocycles. The molecule has 0 aliphatic heterocycles. The zero-order valence-electron chi connectivity index (χ0n) is 12.4. The molecule has 2 aliphatic rings. The molecule has 0 amide bonds. The molecule has 1 saturated carbocycles. The van der Waals surface area contributed by atoms with Gasteiger partial charge in [0.05, 0.1) is 6.54 Å². The van der Waals surface area contributed by atoms with Crippen LogP contribution in [0.25, 0.3) is 0 Å². The predicted octanol–water partition coefficient (Wildman–Crippen LogP) is 2.46. The third-order valence-electron chi connectivity index (χ3n) is 5.12. The van der Waals surface area contributed by atoms with E-state index < -0.39 is 18.3 Å². The van der Waals surface area contributed by atoms with Crippen molar-refractivity contribution in [2.75, 3.05) is 13.1 Å². The van der Waals surface area contributed by atoms with Crippen molar-refractivity contribution in [2.45, 2.75) is 37.4 Å². The molecule has 119 valence electrons. The molecular weight excluding hydrogens is 366 g/mol. The van der Waals surface area contributed by atoms with Crippen LogP contribution in [0.4, 0.5) is 13.2 Å². The Kier molecular flexibility index (Phi) is 5.74. The average molecular weight is 386 g/mol. The second-order valence-corrected chi connectivity index (χ2v) is 6.41. The second kappa shape index (κ2) is 6.88. The SMILES string of the molecule is N[C@@]1(CNCC(F)(F)F)[C@@H]2CC[C@H]1Cc1cc[c-]cc1C2.[Y]. The minimum absolute atomic E-state index is 0. The first-order valence-corrected chi connectivity index (χ1v) is 7.43. The van der Waals surface area contributed by atoms with Gasteiger partial charge in [-0.1, -0.05) is 6.42 Å². The predicted molar refractivity (Wildman–Crippen MR) is 74.7 cm³/mol. The van der Waals surface area contributed by atoms with Crippen molar-refractivity contribution in [1.82, 2.24) is 5.32 Å². The zero-order valence-corrected chi connectivity index (χ0v) is 15.3. The van der Waals surface area contributed by atoms with Gasteiger partial charge in [0.15, 0.2) is 0 Å². The van der Waals surface area contributed by atoms with Crippen LogP contribution in [0, 0.1) is 17.9 Å². The fraction of sp³-hybridized carbons (Fsp3) is 0.625. The smallest absolute Gasteiger partial charge is 0.324 e. The summed E-state index contributed by atoms with van der Waals surface area (Å²) in [6.45, 7) is -0.730. The first kappa shape index (κ1) is 18.4. The number of hydrogen-bond donors (Lipinski definition) is 2. The first-order chi connectivity index (χ1) is 9.88. The summed E-state index contributed by atoms with van der Waals surface area (Å²) in [7, 11) is 0. The number of hydrogen-bond acceptors (Lipinski definition) is 2. The van der Waals surface area contributed by atoms with Crippen LogP contribution < -0.4 is 11.1 Å². The molecule has 0 aromatic heterocycles. The van der Waals surface area contributed by atoms with E-state index in [-0.39, 0.29) is 51.1 Å². The standard InChI is InChI=1S/C16H20F3N2.Y/c17-16(18,19)10-21-9-15(20)13-5-6-14(15)8-12-4-2-1-3-11(12)7-13;/h1,3-4,13-14,21H,5-10,20H2;/q-1;/t13-,14+,15+;/m0./s1. The van der Waals surface area contributed by atoms with Gasteiger partial charge in [0, 0.05) is 44.8 Å². The van der Waals surface area contributed by atoms with Crippen molar-refractivity contribution in [2.24, 2.45) is 17.6 Å². The molecule has 3 rings (SSSR count). The second-order valence-electron chi connectivity index (χ2n) is 6.41. The molecule has 0 heterocycles. The van der Waals surface area contributed by atoms with Crippen molar-refractivity contribution in [3.8, 4) is 0 Å². The van der Waals surface area contributed by atoms with Crippen LogP contribution in [0.3, 0.4) is 0 Å². The van der Waals surface area contributed by atoms with Crippen LogP contribution in [0.5, 0.6) is 0 Å². The fourth-order valence-corrected chi connectivity index (χ4v) is 3.98. The minimum atomic E-state index is -4.18. The Labute approximate surface area is 154 Å². The first-order valence-electron chi connectivity index (χ1n) is 7.43. The van der Waals surface area contributed by atoms with Crippen molar-refractivity contribution in [3.05, 3.63) is 35.4 Å². The number of halogens is 3. The maximum Gasteiger partial charge on any atom is 0.401 e. The van der Waals surface area contributed by atoms with Gasteiger partial charge in [-0.25, -0.2) is 0 Å². The molecule has 6 heteroatoms. The van der Waals surface area contributed by atoms with Gasteiger partial charge in [0.1, 0.15) is 0 Å². The molecule has 3 atom stereocenters. The van der Waals surface area contributed by atoms with Gasteiger partial charge < -0.3 is 11.1 Å². The molecule has 2 bridgehead atoms. The molecule has 1 aromatic carbocycles. The third kappa shape index (κ3) is 3.74. The number of nitrogens with one attached hydrogen (secondary N) is 1. The van der Waals surface area contributed by atoms with Crippen LogP contribution in [-0.4, -0.2) is 24.8 Å². The Hall–Kier alpha value is 0.0339. The fourth-order valence-electron chi connectivity index (χ4n) is 3.98. The molecular formula is C16H20F3N2Y-. The summed E-state index contributed by atoms with van der Waals surface area (Å²) in [5.74, 6) is 0.507. The molecule has 2 aliphatic carbocycles. The Balaban J connectivity index is 0.00000176. The van der Waals surface area contributed by atoms with Crippen molar-refractivity contribution in [3.63, 3.8) is 0 Å². The number of benzene rings is 1. The summed E-state index contributed by atoms with van der Waals surface area (Å²) in [5, 5.41) is 2.53. The molecule has 0 spiro atoms. The van der Waals surface area contributed by atoms with Crippen molar-refractivity contribution < 1.29 is 45.9 Å². The van der Waals surface area contributed by atoms with Gasteiger partial charge in [-0.2, -0.15) is 48.6 Å². The van der Waals surface area contributed by atoms with Crippen LogP contribution in [0.1, 0.15) is 24.0 Å². The Bertz CT molecular complexity index is 485. The van der Waals surface area contributed by atoms with Crippen LogP contribution in [0.15, 0.2) is 18.2 Å². The van der Waals surface area contributed by atoms with Crippen molar-refractivity contribution >= 4 is 0 Å². The van der Waals surface area contributed by atoms with E-state index in [0.29, 0.717) is 0 Å². The Morgan fingerprint density at radius 1 is 1.23 bits per heavy atom. The molecule has 22 heavy (non-hydrogen) atoms. The van der Waals surface area contributed by atoms with E-state index in [1.54, 1.807) is 0 Å². The number of fused-ring (bicyclic) bond motifs is 3. The maximum absolute atomic E-state index is 12.3.